The topological polar surface area (TPSA) is 81.4 Å². The van der Waals surface area contributed by atoms with Crippen molar-refractivity contribution >= 4 is 34.9 Å². The molecule has 0 saturated heterocycles. The Bertz CT molecular complexity index is 112. The molecular weight excluding hydrogens is 239 g/mol. The molecule has 52 valence electrons. The molecule has 0 rings (SSSR count). The lowest BCUT2D eigenvalue weighted by atomic mass is 10.7. The van der Waals surface area contributed by atoms with E-state index in [1.807, 2.05) is 0 Å². The van der Waals surface area contributed by atoms with Crippen LogP contribution in [0.15, 0.2) is 0 Å². The molecule has 0 aromatic heterocycles. The second-order valence-electron chi connectivity index (χ2n) is 1.06. The van der Waals surface area contributed by atoms with Crippen LogP contribution in [0.1, 0.15) is 0 Å². The quantitative estimate of drug-likeness (QED) is 0.283. The van der Waals surface area contributed by atoms with Gasteiger partial charge in [0, 0.05) is 0 Å². The summed E-state index contributed by atoms with van der Waals surface area (Å²) in [6, 6.07) is 0. The van der Waals surface area contributed by atoms with Crippen molar-refractivity contribution in [2.75, 3.05) is 6.54 Å². The van der Waals surface area contributed by atoms with Gasteiger partial charge >= 0.3 is 12.1 Å². The summed E-state index contributed by atoms with van der Waals surface area (Å²) in [5.41, 5.74) is 4.82. The number of halogens is 1. The molecule has 0 atom stereocenters. The molecule has 6 heteroatoms. The zero-order valence-corrected chi connectivity index (χ0v) is 6.54. The van der Waals surface area contributed by atoms with Crippen molar-refractivity contribution < 1.29 is 14.3 Å². The second-order valence-corrected chi connectivity index (χ2v) is 1.60. The minimum Gasteiger partial charge on any atom is -0.375 e. The van der Waals surface area contributed by atoms with Crippen LogP contribution in [-0.4, -0.2) is 18.6 Å². The van der Waals surface area contributed by atoms with Gasteiger partial charge in [-0.05, 0) is 0 Å². The van der Waals surface area contributed by atoms with Crippen LogP contribution in [0.25, 0.3) is 0 Å². The number of amides is 1. The van der Waals surface area contributed by atoms with E-state index in [1.54, 1.807) is 22.9 Å². The van der Waals surface area contributed by atoms with Crippen molar-refractivity contribution in [1.82, 2.24) is 3.53 Å². The fourth-order valence-corrected chi connectivity index (χ4v) is 0.274. The van der Waals surface area contributed by atoms with Gasteiger partial charge < -0.3 is 10.5 Å². The predicted molar refractivity (Wildman–Crippen MR) is 37.7 cm³/mol. The van der Waals surface area contributed by atoms with E-state index >= 15 is 0 Å². The summed E-state index contributed by atoms with van der Waals surface area (Å²) in [4.78, 5) is 20.3. The zero-order valence-electron chi connectivity index (χ0n) is 4.39. The number of rotatable bonds is 1. The zero-order chi connectivity index (χ0) is 7.28. The third kappa shape index (κ3) is 4.15. The number of esters is 1. The number of ether oxygens (including phenoxy) is 1. The molecule has 0 aliphatic rings. The molecule has 0 aliphatic heterocycles. The predicted octanol–water partition coefficient (Wildman–Crippen LogP) is -0.452. The SMILES string of the molecule is NCC(=O)OC(=O)NI. The van der Waals surface area contributed by atoms with Gasteiger partial charge in [-0.3, -0.25) is 8.32 Å². The number of nitrogens with one attached hydrogen (secondary N) is 1. The molecule has 0 heterocycles. The molecule has 3 N–H and O–H groups in total. The molecule has 0 unspecified atom stereocenters. The van der Waals surface area contributed by atoms with Gasteiger partial charge in [-0.25, -0.2) is 4.79 Å². The van der Waals surface area contributed by atoms with Crippen LogP contribution in [0.4, 0.5) is 4.79 Å². The van der Waals surface area contributed by atoms with Crippen LogP contribution in [0, 0.1) is 0 Å². The van der Waals surface area contributed by atoms with Crippen molar-refractivity contribution in [2.24, 2.45) is 5.73 Å². The molecule has 0 spiro atoms. The van der Waals surface area contributed by atoms with E-state index in [1.165, 1.54) is 0 Å². The first kappa shape index (κ1) is 8.63. The summed E-state index contributed by atoms with van der Waals surface area (Å²) in [5.74, 6) is -0.746. The summed E-state index contributed by atoms with van der Waals surface area (Å²) >= 11 is 1.55. The smallest absolute Gasteiger partial charge is 0.375 e. The third-order valence-corrected chi connectivity index (χ3v) is 0.891. The van der Waals surface area contributed by atoms with Crippen LogP contribution < -0.4 is 9.26 Å². The van der Waals surface area contributed by atoms with E-state index in [0.29, 0.717) is 0 Å². The highest BCUT2D eigenvalue weighted by molar-refractivity contribution is 14.1. The molecule has 0 aliphatic carbocycles. The lowest BCUT2D eigenvalue weighted by Crippen LogP contribution is -2.24. The fraction of sp³-hybridized carbons (Fsp3) is 0.333. The molecule has 5 nitrogen and oxygen atoms in total. The summed E-state index contributed by atoms with van der Waals surface area (Å²) in [7, 11) is 0. The van der Waals surface area contributed by atoms with Gasteiger partial charge in [-0.2, -0.15) is 0 Å². The molecule has 9 heavy (non-hydrogen) atoms. The average Bonchev–Trinajstić information content (AvgIpc) is 1.87. The van der Waals surface area contributed by atoms with Crippen LogP contribution in [0.2, 0.25) is 0 Å². The maximum atomic E-state index is 10.2. The molecule has 0 radical (unpaired) electrons. The first-order valence-corrected chi connectivity index (χ1v) is 3.10. The Morgan fingerprint density at radius 2 is 2.22 bits per heavy atom. The van der Waals surface area contributed by atoms with Crippen LogP contribution in [0.5, 0.6) is 0 Å². The summed E-state index contributed by atoms with van der Waals surface area (Å²) in [5, 5.41) is 0. The Morgan fingerprint density at radius 3 is 2.56 bits per heavy atom. The normalized spacial score (nSPS) is 8.22. The summed E-state index contributed by atoms with van der Waals surface area (Å²) in [6.45, 7) is -0.288. The van der Waals surface area contributed by atoms with Gasteiger partial charge in [0.05, 0.1) is 29.4 Å². The van der Waals surface area contributed by atoms with E-state index in [2.05, 4.69) is 8.27 Å². The maximum Gasteiger partial charge on any atom is 0.423 e. The first-order valence-electron chi connectivity index (χ1n) is 2.02. The second kappa shape index (κ2) is 4.50. The Kier molecular flexibility index (Phi) is 4.32. The summed E-state index contributed by atoms with van der Waals surface area (Å²) in [6.07, 6.45) is -0.800. The lowest BCUT2D eigenvalue weighted by molar-refractivity contribution is -0.135. The van der Waals surface area contributed by atoms with Gasteiger partial charge in [-0.1, -0.05) is 0 Å². The number of nitrogens with two attached hydrogens (primary N) is 1. The highest BCUT2D eigenvalue weighted by atomic mass is 127. The van der Waals surface area contributed by atoms with Crippen LogP contribution in [0.3, 0.4) is 0 Å². The van der Waals surface area contributed by atoms with E-state index in [4.69, 9.17) is 5.73 Å². The number of hydrogen-bond donors (Lipinski definition) is 2. The Hall–Kier alpha value is -0.370. The van der Waals surface area contributed by atoms with Crippen molar-refractivity contribution in [1.29, 1.82) is 0 Å². The Morgan fingerprint density at radius 1 is 1.67 bits per heavy atom. The highest BCUT2D eigenvalue weighted by Gasteiger charge is 2.04. The van der Waals surface area contributed by atoms with Crippen molar-refractivity contribution in [3.05, 3.63) is 0 Å². The Balaban J connectivity index is 3.47. The number of carbonyl (C=O) groups excluding carboxylic acids is 2. The van der Waals surface area contributed by atoms with E-state index in [0.717, 1.165) is 0 Å². The average molecular weight is 244 g/mol. The molecule has 0 saturated carbocycles. The largest absolute Gasteiger partial charge is 0.423 e. The van der Waals surface area contributed by atoms with Crippen molar-refractivity contribution in [2.45, 2.75) is 0 Å². The van der Waals surface area contributed by atoms with E-state index in [9.17, 15) is 9.59 Å². The standard InChI is InChI=1S/C3H5IN2O3/c4-6-3(8)9-2(7)1-5/h1,5H2,(H,6,8). The van der Waals surface area contributed by atoms with Crippen molar-refractivity contribution in [3.63, 3.8) is 0 Å². The van der Waals surface area contributed by atoms with Gasteiger partial charge in [-0.15, -0.1) is 0 Å². The number of carbonyl (C=O) groups is 2. The minimum atomic E-state index is -0.800. The molecule has 0 bridgehead atoms. The van der Waals surface area contributed by atoms with E-state index < -0.39 is 12.1 Å². The lowest BCUT2D eigenvalue weighted by Gasteiger charge is -1.95. The third-order valence-electron chi connectivity index (χ3n) is 0.450. The Labute approximate surface area is 65.4 Å². The molecular formula is C3H5IN2O3. The van der Waals surface area contributed by atoms with Gasteiger partial charge in [0.15, 0.2) is 0 Å². The number of hydrogen-bond acceptors (Lipinski definition) is 4. The summed E-state index contributed by atoms with van der Waals surface area (Å²) < 4.78 is 6.09. The van der Waals surface area contributed by atoms with Crippen LogP contribution >= 0.6 is 22.9 Å². The molecule has 0 aromatic carbocycles. The maximum absolute atomic E-state index is 10.2. The highest BCUT2D eigenvalue weighted by Crippen LogP contribution is 1.80. The molecule has 0 fully saturated rings. The monoisotopic (exact) mass is 244 g/mol. The van der Waals surface area contributed by atoms with Gasteiger partial charge in [0.2, 0.25) is 0 Å². The van der Waals surface area contributed by atoms with Gasteiger partial charge in [0.1, 0.15) is 0 Å². The van der Waals surface area contributed by atoms with Crippen molar-refractivity contribution in [3.8, 4) is 0 Å². The van der Waals surface area contributed by atoms with Gasteiger partial charge in [0.25, 0.3) is 0 Å². The van der Waals surface area contributed by atoms with E-state index in [-0.39, 0.29) is 6.54 Å². The molecule has 1 amide bonds. The minimum absolute atomic E-state index is 0.288. The molecule has 0 aromatic rings. The van der Waals surface area contributed by atoms with Crippen LogP contribution in [-0.2, 0) is 9.53 Å². The first-order chi connectivity index (χ1) is 4.20. The fourth-order valence-electron chi connectivity index (χ4n) is 0.164.